The predicted molar refractivity (Wildman–Crippen MR) is 143 cm³/mol. The van der Waals surface area contributed by atoms with Crippen LogP contribution in [0.25, 0.3) is 0 Å². The van der Waals surface area contributed by atoms with Crippen molar-refractivity contribution in [2.75, 3.05) is 21.5 Å². The number of anilines is 2. The quantitative estimate of drug-likeness (QED) is 0.396. The number of aryl methyl sites for hydroxylation is 1. The van der Waals surface area contributed by atoms with Crippen molar-refractivity contribution in [2.45, 2.75) is 36.3 Å². The molecule has 2 N–H and O–H groups in total. The van der Waals surface area contributed by atoms with E-state index in [-0.39, 0.29) is 16.9 Å². The molecule has 6 rings (SSSR count). The fourth-order valence-electron chi connectivity index (χ4n) is 5.13. The average molecular weight is 505 g/mol. The minimum Gasteiger partial charge on any atom is -0.489 e. The zero-order chi connectivity index (χ0) is 24.0. The number of hydrogen-bond acceptors (Lipinski definition) is 5. The van der Waals surface area contributed by atoms with E-state index < -0.39 is 10.0 Å². The molecule has 3 aromatic carbocycles. The molecule has 3 atom stereocenters. The summed E-state index contributed by atoms with van der Waals surface area (Å²) in [6.45, 7) is 1.98. The largest absolute Gasteiger partial charge is 0.489 e. The fourth-order valence-corrected chi connectivity index (χ4v) is 6.79. The van der Waals surface area contributed by atoms with Crippen molar-refractivity contribution in [1.82, 2.24) is 0 Å². The van der Waals surface area contributed by atoms with E-state index in [2.05, 4.69) is 46.5 Å². The summed E-state index contributed by atoms with van der Waals surface area (Å²) in [4.78, 5) is 0.284. The lowest BCUT2D eigenvalue weighted by atomic mass is 9.77. The maximum atomic E-state index is 13.1. The first kappa shape index (κ1) is 22.6. The Balaban J connectivity index is 1.26. The lowest BCUT2D eigenvalue weighted by molar-refractivity contribution is 0.240. The van der Waals surface area contributed by atoms with Crippen LogP contribution in [-0.4, -0.2) is 26.0 Å². The molecule has 1 aliphatic carbocycles. The molecule has 2 aliphatic heterocycles. The summed E-state index contributed by atoms with van der Waals surface area (Å²) in [7, 11) is -3.68. The average Bonchev–Trinajstić information content (AvgIpc) is 3.33. The molecular formula is C28H28N2O3S2. The molecule has 3 aromatic rings. The summed E-state index contributed by atoms with van der Waals surface area (Å²) in [5.41, 5.74) is 4.90. The molecule has 7 heteroatoms. The van der Waals surface area contributed by atoms with Crippen LogP contribution >= 0.6 is 11.8 Å². The number of hydrogen-bond donors (Lipinski definition) is 2. The van der Waals surface area contributed by atoms with Gasteiger partial charge in [-0.2, -0.15) is 11.8 Å². The maximum absolute atomic E-state index is 13.1. The molecule has 180 valence electrons. The molecule has 0 amide bonds. The topological polar surface area (TPSA) is 67.4 Å². The van der Waals surface area contributed by atoms with Crippen LogP contribution < -0.4 is 14.8 Å². The lowest BCUT2D eigenvalue weighted by Gasteiger charge is -2.38. The molecule has 0 saturated carbocycles. The molecule has 2 heterocycles. The standard InChI is InChI=1S/C28H28N2O3S2/c1-18-5-9-20(10-6-18)30-35(31,32)23-13-14-27-26(15-23)24-3-2-4-25(24)28(29-27)19-7-11-21(12-8-19)33-22-16-34-17-22/h2-3,5-15,22,24-25,28-30H,4,16-17H2,1H3/t24-,25+,28+/m0/s1. The van der Waals surface area contributed by atoms with E-state index in [9.17, 15) is 8.42 Å². The molecule has 5 nitrogen and oxygen atoms in total. The zero-order valence-corrected chi connectivity index (χ0v) is 21.1. The van der Waals surface area contributed by atoms with Crippen molar-refractivity contribution in [1.29, 1.82) is 0 Å². The van der Waals surface area contributed by atoms with Crippen LogP contribution in [0.4, 0.5) is 11.4 Å². The summed E-state index contributed by atoms with van der Waals surface area (Å²) in [5.74, 6) is 3.56. The Morgan fingerprint density at radius 1 is 1.00 bits per heavy atom. The summed E-state index contributed by atoms with van der Waals surface area (Å²) < 4.78 is 35.0. The fraction of sp³-hybridized carbons (Fsp3) is 0.286. The first-order valence-electron chi connectivity index (χ1n) is 12.0. The number of allylic oxidation sites excluding steroid dienone is 2. The molecule has 0 bridgehead atoms. The molecule has 1 fully saturated rings. The monoisotopic (exact) mass is 504 g/mol. The van der Waals surface area contributed by atoms with Gasteiger partial charge in [-0.05, 0) is 72.9 Å². The number of thioether (sulfide) groups is 1. The minimum atomic E-state index is -3.68. The van der Waals surface area contributed by atoms with Gasteiger partial charge in [-0.3, -0.25) is 4.72 Å². The minimum absolute atomic E-state index is 0.156. The van der Waals surface area contributed by atoms with Crippen molar-refractivity contribution in [3.05, 3.63) is 95.6 Å². The molecule has 0 radical (unpaired) electrons. The zero-order valence-electron chi connectivity index (χ0n) is 19.5. The first-order chi connectivity index (χ1) is 17.0. The number of sulfonamides is 1. The van der Waals surface area contributed by atoms with Crippen LogP contribution in [-0.2, 0) is 10.0 Å². The predicted octanol–water partition coefficient (Wildman–Crippen LogP) is 6.12. The third-order valence-corrected chi connectivity index (χ3v) is 9.69. The van der Waals surface area contributed by atoms with E-state index in [1.807, 2.05) is 43.0 Å². The highest BCUT2D eigenvalue weighted by Crippen LogP contribution is 2.50. The van der Waals surface area contributed by atoms with Crippen LogP contribution in [0.1, 0.15) is 35.1 Å². The summed E-state index contributed by atoms with van der Waals surface area (Å²) in [5, 5.41) is 3.70. The van der Waals surface area contributed by atoms with Crippen molar-refractivity contribution in [2.24, 2.45) is 5.92 Å². The molecule has 0 spiro atoms. The van der Waals surface area contributed by atoms with E-state index in [0.29, 0.717) is 17.7 Å². The second-order valence-electron chi connectivity index (χ2n) is 9.54. The maximum Gasteiger partial charge on any atom is 0.261 e. The van der Waals surface area contributed by atoms with Crippen molar-refractivity contribution in [3.63, 3.8) is 0 Å². The summed E-state index contributed by atoms with van der Waals surface area (Å²) >= 11 is 1.91. The summed E-state index contributed by atoms with van der Waals surface area (Å²) in [6, 6.07) is 21.4. The van der Waals surface area contributed by atoms with Crippen LogP contribution in [0.5, 0.6) is 5.75 Å². The molecule has 3 aliphatic rings. The molecule has 0 aromatic heterocycles. The van der Waals surface area contributed by atoms with Gasteiger partial charge in [-0.15, -0.1) is 0 Å². The van der Waals surface area contributed by atoms with Crippen LogP contribution in [0.3, 0.4) is 0 Å². The van der Waals surface area contributed by atoms with Gasteiger partial charge in [0.2, 0.25) is 0 Å². The van der Waals surface area contributed by atoms with Gasteiger partial charge in [-0.1, -0.05) is 42.0 Å². The molecule has 0 unspecified atom stereocenters. The van der Waals surface area contributed by atoms with Gasteiger partial charge in [0, 0.05) is 28.8 Å². The molecular weight excluding hydrogens is 476 g/mol. The Hall–Kier alpha value is -2.90. The first-order valence-corrected chi connectivity index (χ1v) is 14.6. The van der Waals surface area contributed by atoms with Gasteiger partial charge >= 0.3 is 0 Å². The Morgan fingerprint density at radius 2 is 1.77 bits per heavy atom. The number of nitrogens with one attached hydrogen (secondary N) is 2. The second kappa shape index (κ2) is 8.95. The number of ether oxygens (including phenoxy) is 1. The summed E-state index contributed by atoms with van der Waals surface area (Å²) in [6.07, 6.45) is 5.74. The number of rotatable bonds is 6. The van der Waals surface area contributed by atoms with Crippen molar-refractivity contribution >= 4 is 33.2 Å². The van der Waals surface area contributed by atoms with Gasteiger partial charge in [0.15, 0.2) is 0 Å². The third-order valence-electron chi connectivity index (χ3n) is 7.10. The Bertz CT molecular complexity index is 1360. The van der Waals surface area contributed by atoms with Crippen molar-refractivity contribution < 1.29 is 13.2 Å². The van der Waals surface area contributed by atoms with Gasteiger partial charge in [0.05, 0.1) is 10.9 Å². The van der Waals surface area contributed by atoms with Gasteiger partial charge in [-0.25, -0.2) is 8.42 Å². The lowest BCUT2D eigenvalue weighted by Crippen LogP contribution is -2.31. The Labute approximate surface area is 211 Å². The van der Waals surface area contributed by atoms with E-state index in [0.717, 1.165) is 40.5 Å². The smallest absolute Gasteiger partial charge is 0.261 e. The van der Waals surface area contributed by atoms with Gasteiger partial charge in [0.1, 0.15) is 11.9 Å². The number of fused-ring (bicyclic) bond motifs is 3. The van der Waals surface area contributed by atoms with E-state index in [1.54, 1.807) is 18.2 Å². The van der Waals surface area contributed by atoms with Crippen LogP contribution in [0.2, 0.25) is 0 Å². The Morgan fingerprint density at radius 3 is 2.49 bits per heavy atom. The van der Waals surface area contributed by atoms with E-state index in [1.165, 1.54) is 5.56 Å². The van der Waals surface area contributed by atoms with E-state index in [4.69, 9.17) is 4.74 Å². The van der Waals surface area contributed by atoms with Crippen LogP contribution in [0, 0.1) is 12.8 Å². The van der Waals surface area contributed by atoms with Gasteiger partial charge < -0.3 is 10.1 Å². The Kier molecular flexibility index (Phi) is 5.77. The second-order valence-corrected chi connectivity index (χ2v) is 12.3. The highest BCUT2D eigenvalue weighted by Gasteiger charge is 2.38. The SMILES string of the molecule is Cc1ccc(NS(=O)(=O)c2ccc3c(c2)[C@H]2C=CC[C@H]2[C@@H](c2ccc(OC4CSC4)cc2)N3)cc1. The van der Waals surface area contributed by atoms with E-state index >= 15 is 0 Å². The number of benzene rings is 3. The van der Waals surface area contributed by atoms with Gasteiger partial charge in [0.25, 0.3) is 10.0 Å². The molecule has 35 heavy (non-hydrogen) atoms. The van der Waals surface area contributed by atoms with Crippen LogP contribution in [0.15, 0.2) is 83.8 Å². The van der Waals surface area contributed by atoms with Crippen molar-refractivity contribution in [3.8, 4) is 5.75 Å². The normalized spacial score (nSPS) is 23.1. The molecule has 1 saturated heterocycles. The third kappa shape index (κ3) is 4.43. The highest BCUT2D eigenvalue weighted by atomic mass is 32.2. The highest BCUT2D eigenvalue weighted by molar-refractivity contribution is 8.00.